The number of rotatable bonds is 5. The van der Waals surface area contributed by atoms with Crippen LogP contribution < -0.4 is 5.32 Å². The molecule has 22 heavy (non-hydrogen) atoms. The van der Waals surface area contributed by atoms with Gasteiger partial charge in [-0.2, -0.15) is 0 Å². The molecule has 5 nitrogen and oxygen atoms in total. The summed E-state index contributed by atoms with van der Waals surface area (Å²) in [5.41, 5.74) is 0.902. The largest absolute Gasteiger partial charge is 0.479 e. The number of carbonyl (C=O) groups is 2. The molecule has 2 atom stereocenters. The molecule has 1 aromatic rings. The number of ether oxygens (including phenoxy) is 1. The van der Waals surface area contributed by atoms with Crippen molar-refractivity contribution >= 4 is 11.9 Å². The summed E-state index contributed by atoms with van der Waals surface area (Å²) < 4.78 is 18.2. The number of amides is 1. The summed E-state index contributed by atoms with van der Waals surface area (Å²) >= 11 is 0. The highest BCUT2D eigenvalue weighted by molar-refractivity contribution is 5.82. The summed E-state index contributed by atoms with van der Waals surface area (Å²) in [6.45, 7) is 0.467. The van der Waals surface area contributed by atoms with Gasteiger partial charge in [0.1, 0.15) is 11.9 Å². The molecule has 6 heteroatoms. The van der Waals surface area contributed by atoms with Crippen LogP contribution in [0.2, 0.25) is 0 Å². The Balaban J connectivity index is 1.55. The number of hydrogen-bond acceptors (Lipinski definition) is 3. The third-order valence-corrected chi connectivity index (χ3v) is 4.50. The molecule has 1 aromatic carbocycles. The van der Waals surface area contributed by atoms with Gasteiger partial charge in [0.25, 0.3) is 0 Å². The van der Waals surface area contributed by atoms with Gasteiger partial charge in [-0.05, 0) is 43.4 Å². The third-order valence-electron chi connectivity index (χ3n) is 4.50. The van der Waals surface area contributed by atoms with Crippen molar-refractivity contribution in [2.45, 2.75) is 43.3 Å². The molecule has 1 amide bonds. The van der Waals surface area contributed by atoms with Crippen LogP contribution in [0.15, 0.2) is 24.3 Å². The van der Waals surface area contributed by atoms with Crippen LogP contribution in [0.1, 0.15) is 31.2 Å². The van der Waals surface area contributed by atoms with E-state index in [2.05, 4.69) is 5.32 Å². The van der Waals surface area contributed by atoms with Gasteiger partial charge in [0.15, 0.2) is 6.10 Å². The quantitative estimate of drug-likeness (QED) is 0.866. The molecule has 0 spiro atoms. The van der Waals surface area contributed by atoms with Crippen LogP contribution in [0, 0.1) is 5.82 Å². The van der Waals surface area contributed by atoms with Gasteiger partial charge < -0.3 is 15.2 Å². The van der Waals surface area contributed by atoms with Crippen LogP contribution in [0.4, 0.5) is 4.39 Å². The van der Waals surface area contributed by atoms with E-state index in [0.717, 1.165) is 18.4 Å². The van der Waals surface area contributed by atoms with Crippen LogP contribution in [-0.4, -0.2) is 35.7 Å². The highest BCUT2D eigenvalue weighted by Gasteiger charge is 2.45. The minimum Gasteiger partial charge on any atom is -0.479 e. The van der Waals surface area contributed by atoms with E-state index in [9.17, 15) is 14.0 Å². The van der Waals surface area contributed by atoms with E-state index in [-0.39, 0.29) is 17.1 Å². The number of carboxylic acid groups (broad SMARTS) is 1. The number of benzene rings is 1. The van der Waals surface area contributed by atoms with Crippen LogP contribution >= 0.6 is 0 Å². The Kier molecular flexibility index (Phi) is 3.87. The minimum absolute atomic E-state index is 0.117. The Morgan fingerprint density at radius 1 is 1.23 bits per heavy atom. The van der Waals surface area contributed by atoms with Crippen LogP contribution in [0.25, 0.3) is 0 Å². The Morgan fingerprint density at radius 3 is 2.41 bits per heavy atom. The maximum Gasteiger partial charge on any atom is 0.332 e. The van der Waals surface area contributed by atoms with Gasteiger partial charge in [0, 0.05) is 12.0 Å². The van der Waals surface area contributed by atoms with Crippen molar-refractivity contribution in [1.29, 1.82) is 0 Å². The molecule has 118 valence electrons. The molecule has 1 saturated carbocycles. The summed E-state index contributed by atoms with van der Waals surface area (Å²) in [5, 5.41) is 11.7. The lowest BCUT2D eigenvalue weighted by atomic mass is 9.96. The van der Waals surface area contributed by atoms with E-state index in [4.69, 9.17) is 9.84 Å². The van der Waals surface area contributed by atoms with Gasteiger partial charge in [0.05, 0.1) is 0 Å². The number of nitrogens with one attached hydrogen (secondary N) is 1. The van der Waals surface area contributed by atoms with Crippen LogP contribution in [0.3, 0.4) is 0 Å². The zero-order valence-corrected chi connectivity index (χ0v) is 12.0. The fourth-order valence-electron chi connectivity index (χ4n) is 2.90. The Bertz CT molecular complexity index is 582. The first-order valence-electron chi connectivity index (χ1n) is 7.42. The van der Waals surface area contributed by atoms with Crippen molar-refractivity contribution in [3.05, 3.63) is 35.6 Å². The molecule has 0 bridgehead atoms. The second kappa shape index (κ2) is 5.68. The standard InChI is InChI=1S/C16H18FNO4/c17-11-3-1-10(2-4-11)16(7-8-16)9-18-14(19)12-5-6-13(22-12)15(20)21/h1-4,12-13H,5-9H2,(H,18,19)(H,20,21)/t12-,13+/m0/s1. The summed E-state index contributed by atoms with van der Waals surface area (Å²) in [7, 11) is 0. The molecule has 2 aliphatic rings. The van der Waals surface area contributed by atoms with Crippen molar-refractivity contribution in [3.63, 3.8) is 0 Å². The fourth-order valence-corrected chi connectivity index (χ4v) is 2.90. The second-order valence-corrected chi connectivity index (χ2v) is 6.03. The minimum atomic E-state index is -1.03. The molecule has 2 fully saturated rings. The van der Waals surface area contributed by atoms with E-state index in [1.807, 2.05) is 0 Å². The normalized spacial score (nSPS) is 25.7. The average Bonchev–Trinajstić information content (AvgIpc) is 3.11. The third kappa shape index (κ3) is 2.97. The number of halogens is 1. The monoisotopic (exact) mass is 307 g/mol. The summed E-state index contributed by atoms with van der Waals surface area (Å²) in [4.78, 5) is 22.9. The zero-order valence-electron chi connectivity index (χ0n) is 12.0. The molecule has 0 aromatic heterocycles. The van der Waals surface area contributed by atoms with Crippen LogP contribution in [-0.2, 0) is 19.7 Å². The second-order valence-electron chi connectivity index (χ2n) is 6.03. The highest BCUT2D eigenvalue weighted by atomic mass is 19.1. The smallest absolute Gasteiger partial charge is 0.332 e. The SMILES string of the molecule is O=C(NCC1(c2ccc(F)cc2)CC1)[C@@H]1CC[C@H](C(=O)O)O1. The van der Waals surface area contributed by atoms with E-state index >= 15 is 0 Å². The Labute approximate surface area is 127 Å². The molecule has 1 heterocycles. The lowest BCUT2D eigenvalue weighted by molar-refractivity contribution is -0.151. The molecule has 1 saturated heterocycles. The molecule has 1 aliphatic carbocycles. The van der Waals surface area contributed by atoms with Gasteiger partial charge in [-0.3, -0.25) is 4.79 Å². The molecular weight excluding hydrogens is 289 g/mol. The lowest BCUT2D eigenvalue weighted by Gasteiger charge is -2.18. The fraction of sp³-hybridized carbons (Fsp3) is 0.500. The Morgan fingerprint density at radius 2 is 1.86 bits per heavy atom. The van der Waals surface area contributed by atoms with Gasteiger partial charge >= 0.3 is 5.97 Å². The molecule has 0 unspecified atom stereocenters. The van der Waals surface area contributed by atoms with E-state index in [1.165, 1.54) is 12.1 Å². The molecule has 1 aliphatic heterocycles. The number of carbonyl (C=O) groups excluding carboxylic acids is 1. The first-order valence-corrected chi connectivity index (χ1v) is 7.42. The zero-order chi connectivity index (χ0) is 15.7. The van der Waals surface area contributed by atoms with Gasteiger partial charge in [0.2, 0.25) is 5.91 Å². The molecular formula is C16H18FNO4. The summed E-state index contributed by atoms with van der Waals surface area (Å²) in [6.07, 6.45) is 1.10. The summed E-state index contributed by atoms with van der Waals surface area (Å²) in [6, 6.07) is 6.35. The first kappa shape index (κ1) is 15.0. The number of carboxylic acids is 1. The lowest BCUT2D eigenvalue weighted by Crippen LogP contribution is -2.39. The molecule has 0 radical (unpaired) electrons. The first-order chi connectivity index (χ1) is 10.5. The predicted molar refractivity (Wildman–Crippen MR) is 75.9 cm³/mol. The highest BCUT2D eigenvalue weighted by Crippen LogP contribution is 2.47. The summed E-state index contributed by atoms with van der Waals surface area (Å²) in [5.74, 6) is -1.57. The van der Waals surface area contributed by atoms with Gasteiger partial charge in [-0.15, -0.1) is 0 Å². The topological polar surface area (TPSA) is 75.6 Å². The Hall–Kier alpha value is -1.95. The van der Waals surface area contributed by atoms with Gasteiger partial charge in [-0.25, -0.2) is 9.18 Å². The molecule has 2 N–H and O–H groups in total. The van der Waals surface area contributed by atoms with Crippen molar-refractivity contribution in [2.75, 3.05) is 6.54 Å². The van der Waals surface area contributed by atoms with Crippen LogP contribution in [0.5, 0.6) is 0 Å². The predicted octanol–water partition coefficient (Wildman–Crippen LogP) is 1.61. The van der Waals surface area contributed by atoms with E-state index in [0.29, 0.717) is 19.4 Å². The van der Waals surface area contributed by atoms with Crippen molar-refractivity contribution in [1.82, 2.24) is 5.32 Å². The number of aliphatic carboxylic acids is 1. The van der Waals surface area contributed by atoms with Crippen molar-refractivity contribution in [2.24, 2.45) is 0 Å². The maximum absolute atomic E-state index is 13.0. The van der Waals surface area contributed by atoms with E-state index < -0.39 is 18.2 Å². The molecule has 3 rings (SSSR count). The van der Waals surface area contributed by atoms with Crippen molar-refractivity contribution < 1.29 is 23.8 Å². The average molecular weight is 307 g/mol. The van der Waals surface area contributed by atoms with Crippen molar-refractivity contribution in [3.8, 4) is 0 Å². The maximum atomic E-state index is 13.0. The number of hydrogen-bond donors (Lipinski definition) is 2. The van der Waals surface area contributed by atoms with Gasteiger partial charge in [-0.1, -0.05) is 12.1 Å². The van der Waals surface area contributed by atoms with E-state index in [1.54, 1.807) is 12.1 Å².